The zero-order valence-corrected chi connectivity index (χ0v) is 8.32. The van der Waals surface area contributed by atoms with Crippen LogP contribution in [-0.4, -0.2) is 6.18 Å². The molecule has 1 aromatic rings. The standard InChI is InChI=1S/C9H8BrF3/c10-6-8-3-1-2-7(4-8)5-9(11,12)13/h1-4H,5-6H2. The molecule has 0 fully saturated rings. The molecule has 1 rings (SSSR count). The van der Waals surface area contributed by atoms with Crippen LogP contribution in [0.5, 0.6) is 0 Å². The molecule has 0 saturated heterocycles. The molecule has 0 bridgehead atoms. The minimum absolute atomic E-state index is 0.310. The van der Waals surface area contributed by atoms with Crippen LogP contribution in [0.4, 0.5) is 13.2 Å². The first kappa shape index (κ1) is 10.6. The minimum atomic E-state index is -4.12. The van der Waals surface area contributed by atoms with Gasteiger partial charge in [0.15, 0.2) is 0 Å². The van der Waals surface area contributed by atoms with Gasteiger partial charge in [-0.05, 0) is 11.1 Å². The van der Waals surface area contributed by atoms with Crippen LogP contribution in [0.25, 0.3) is 0 Å². The molecule has 0 aliphatic heterocycles. The number of alkyl halides is 4. The number of benzene rings is 1. The summed E-state index contributed by atoms with van der Waals surface area (Å²) in [5.41, 5.74) is 1.17. The van der Waals surface area contributed by atoms with Gasteiger partial charge in [-0.2, -0.15) is 13.2 Å². The van der Waals surface area contributed by atoms with E-state index < -0.39 is 12.6 Å². The molecule has 72 valence electrons. The smallest absolute Gasteiger partial charge is 0.171 e. The van der Waals surface area contributed by atoms with E-state index in [1.165, 1.54) is 6.07 Å². The summed E-state index contributed by atoms with van der Waals surface area (Å²) in [6, 6.07) is 6.47. The fourth-order valence-electron chi connectivity index (χ4n) is 1.05. The summed E-state index contributed by atoms with van der Waals surface area (Å²) in [5, 5.41) is 0.582. The van der Waals surface area contributed by atoms with Gasteiger partial charge in [0, 0.05) is 5.33 Å². The predicted molar refractivity (Wildman–Crippen MR) is 48.8 cm³/mol. The first-order valence-electron chi connectivity index (χ1n) is 3.72. The number of rotatable bonds is 2. The fourth-order valence-corrected chi connectivity index (χ4v) is 1.40. The van der Waals surface area contributed by atoms with Crippen molar-refractivity contribution in [1.29, 1.82) is 0 Å². The molecule has 0 atom stereocenters. The molecule has 0 heterocycles. The van der Waals surface area contributed by atoms with Crippen molar-refractivity contribution in [3.63, 3.8) is 0 Å². The summed E-state index contributed by atoms with van der Waals surface area (Å²) in [6.07, 6.45) is -4.97. The lowest BCUT2D eigenvalue weighted by molar-refractivity contribution is -0.127. The van der Waals surface area contributed by atoms with Crippen molar-refractivity contribution in [2.45, 2.75) is 17.9 Å². The summed E-state index contributed by atoms with van der Waals surface area (Å²) in [4.78, 5) is 0. The maximum Gasteiger partial charge on any atom is 0.393 e. The van der Waals surface area contributed by atoms with Crippen LogP contribution in [-0.2, 0) is 11.8 Å². The van der Waals surface area contributed by atoms with Crippen molar-refractivity contribution in [3.8, 4) is 0 Å². The van der Waals surface area contributed by atoms with E-state index in [4.69, 9.17) is 0 Å². The van der Waals surface area contributed by atoms with Crippen molar-refractivity contribution in [2.75, 3.05) is 0 Å². The molecule has 0 spiro atoms. The quantitative estimate of drug-likeness (QED) is 0.705. The summed E-state index contributed by atoms with van der Waals surface area (Å²) in [7, 11) is 0. The van der Waals surface area contributed by atoms with Gasteiger partial charge in [0.1, 0.15) is 0 Å². The minimum Gasteiger partial charge on any atom is -0.171 e. The third-order valence-corrected chi connectivity index (χ3v) is 2.20. The first-order chi connectivity index (χ1) is 6.01. The highest BCUT2D eigenvalue weighted by Gasteiger charge is 2.27. The Labute approximate surface area is 82.9 Å². The lowest BCUT2D eigenvalue weighted by atomic mass is 10.1. The largest absolute Gasteiger partial charge is 0.393 e. The highest BCUT2D eigenvalue weighted by atomic mass is 79.9. The molecule has 0 N–H and O–H groups in total. The highest BCUT2D eigenvalue weighted by molar-refractivity contribution is 9.08. The molecule has 0 nitrogen and oxygen atoms in total. The van der Waals surface area contributed by atoms with E-state index in [0.29, 0.717) is 10.9 Å². The lowest BCUT2D eigenvalue weighted by Crippen LogP contribution is -2.11. The number of hydrogen-bond donors (Lipinski definition) is 0. The Morgan fingerprint density at radius 2 is 1.77 bits per heavy atom. The molecule has 0 aliphatic rings. The van der Waals surface area contributed by atoms with Crippen molar-refractivity contribution in [1.82, 2.24) is 0 Å². The van der Waals surface area contributed by atoms with Crippen LogP contribution in [0.15, 0.2) is 24.3 Å². The molecule has 4 heteroatoms. The third-order valence-electron chi connectivity index (χ3n) is 1.55. The van der Waals surface area contributed by atoms with Crippen LogP contribution in [0.1, 0.15) is 11.1 Å². The molecule has 13 heavy (non-hydrogen) atoms. The summed E-state index contributed by atoms with van der Waals surface area (Å²) in [5.74, 6) is 0. The van der Waals surface area contributed by atoms with E-state index in [9.17, 15) is 13.2 Å². The van der Waals surface area contributed by atoms with Gasteiger partial charge in [0.05, 0.1) is 6.42 Å². The Balaban J connectivity index is 2.78. The lowest BCUT2D eigenvalue weighted by Gasteiger charge is -2.06. The molecular formula is C9H8BrF3. The first-order valence-corrected chi connectivity index (χ1v) is 4.84. The van der Waals surface area contributed by atoms with Gasteiger partial charge in [0.2, 0.25) is 0 Å². The van der Waals surface area contributed by atoms with Gasteiger partial charge in [-0.3, -0.25) is 0 Å². The second-order valence-electron chi connectivity index (χ2n) is 2.75. The Bertz CT molecular complexity index is 280. The predicted octanol–water partition coefficient (Wildman–Crippen LogP) is 3.69. The van der Waals surface area contributed by atoms with Crippen LogP contribution < -0.4 is 0 Å². The average Bonchev–Trinajstić information content (AvgIpc) is 2.01. The van der Waals surface area contributed by atoms with Crippen molar-refractivity contribution < 1.29 is 13.2 Å². The Morgan fingerprint density at radius 1 is 1.15 bits per heavy atom. The Morgan fingerprint density at radius 3 is 2.31 bits per heavy atom. The van der Waals surface area contributed by atoms with Crippen LogP contribution >= 0.6 is 15.9 Å². The van der Waals surface area contributed by atoms with Crippen LogP contribution in [0.3, 0.4) is 0 Å². The van der Waals surface area contributed by atoms with Gasteiger partial charge in [-0.1, -0.05) is 40.2 Å². The molecule has 0 unspecified atom stereocenters. The summed E-state index contributed by atoms with van der Waals surface area (Å²) >= 11 is 3.19. The Kier molecular flexibility index (Phi) is 3.36. The van der Waals surface area contributed by atoms with Crippen LogP contribution in [0, 0.1) is 0 Å². The van der Waals surface area contributed by atoms with Crippen molar-refractivity contribution in [2.24, 2.45) is 0 Å². The normalized spacial score (nSPS) is 11.7. The van der Waals surface area contributed by atoms with Crippen LogP contribution in [0.2, 0.25) is 0 Å². The zero-order valence-electron chi connectivity index (χ0n) is 6.74. The molecule has 0 amide bonds. The third kappa shape index (κ3) is 3.81. The molecule has 0 saturated carbocycles. The molecule has 0 radical (unpaired) electrons. The second kappa shape index (κ2) is 4.13. The fraction of sp³-hybridized carbons (Fsp3) is 0.333. The monoisotopic (exact) mass is 252 g/mol. The number of hydrogen-bond acceptors (Lipinski definition) is 0. The van der Waals surface area contributed by atoms with Gasteiger partial charge >= 0.3 is 6.18 Å². The maximum absolute atomic E-state index is 12.0. The SMILES string of the molecule is FC(F)(F)Cc1cccc(CBr)c1. The Hall–Kier alpha value is -0.510. The summed E-state index contributed by atoms with van der Waals surface area (Å²) in [6.45, 7) is 0. The van der Waals surface area contributed by atoms with E-state index in [1.807, 2.05) is 0 Å². The van der Waals surface area contributed by atoms with Gasteiger partial charge in [0.25, 0.3) is 0 Å². The van der Waals surface area contributed by atoms with Gasteiger partial charge in [-0.15, -0.1) is 0 Å². The van der Waals surface area contributed by atoms with E-state index in [0.717, 1.165) is 5.56 Å². The molecule has 0 aliphatic carbocycles. The van der Waals surface area contributed by atoms with Gasteiger partial charge in [-0.25, -0.2) is 0 Å². The average molecular weight is 253 g/mol. The molecule has 0 aromatic heterocycles. The van der Waals surface area contributed by atoms with Crippen molar-refractivity contribution in [3.05, 3.63) is 35.4 Å². The molecular weight excluding hydrogens is 245 g/mol. The van der Waals surface area contributed by atoms with Crippen molar-refractivity contribution >= 4 is 15.9 Å². The zero-order chi connectivity index (χ0) is 9.90. The number of halogens is 4. The van der Waals surface area contributed by atoms with E-state index in [-0.39, 0.29) is 0 Å². The summed E-state index contributed by atoms with van der Waals surface area (Å²) < 4.78 is 35.9. The van der Waals surface area contributed by atoms with E-state index in [1.54, 1.807) is 18.2 Å². The van der Waals surface area contributed by atoms with E-state index in [2.05, 4.69) is 15.9 Å². The topological polar surface area (TPSA) is 0 Å². The second-order valence-corrected chi connectivity index (χ2v) is 3.31. The van der Waals surface area contributed by atoms with E-state index >= 15 is 0 Å². The highest BCUT2D eigenvalue weighted by Crippen LogP contribution is 2.22. The molecule has 1 aromatic carbocycles. The van der Waals surface area contributed by atoms with Gasteiger partial charge < -0.3 is 0 Å². The maximum atomic E-state index is 12.0.